The van der Waals surface area contributed by atoms with Crippen LogP contribution in [-0.2, 0) is 9.59 Å². The van der Waals surface area contributed by atoms with E-state index in [0.717, 1.165) is 0 Å². The molecule has 3 radical (unpaired) electrons. The van der Waals surface area contributed by atoms with E-state index in [1.165, 1.54) is 0 Å². The second-order valence-corrected chi connectivity index (χ2v) is 1.64. The second-order valence-electron chi connectivity index (χ2n) is 1.64. The molecule has 0 aliphatic heterocycles. The summed E-state index contributed by atoms with van der Waals surface area (Å²) in [6.07, 6.45) is 0.0866. The Morgan fingerprint density at radius 1 is 1.00 bits per heavy atom. The van der Waals surface area contributed by atoms with Crippen molar-refractivity contribution in [3.8, 4) is 0 Å². The van der Waals surface area contributed by atoms with E-state index in [4.69, 9.17) is 10.2 Å². The molecular formula is C5H8O4Sb. The van der Waals surface area contributed by atoms with Gasteiger partial charge in [0.15, 0.2) is 0 Å². The molecule has 0 bridgehead atoms. The van der Waals surface area contributed by atoms with E-state index in [-0.39, 0.29) is 43.7 Å². The third-order valence-electron chi connectivity index (χ3n) is 0.781. The van der Waals surface area contributed by atoms with E-state index < -0.39 is 11.9 Å². The molecule has 0 aromatic carbocycles. The Bertz CT molecular complexity index is 109. The molecule has 57 valence electrons. The minimum Gasteiger partial charge on any atom is -0.481 e. The van der Waals surface area contributed by atoms with Gasteiger partial charge in [0.25, 0.3) is 0 Å². The van der Waals surface area contributed by atoms with Gasteiger partial charge in [-0.3, -0.25) is 9.59 Å². The molecule has 5 heteroatoms. The van der Waals surface area contributed by atoms with Crippen molar-refractivity contribution in [2.24, 2.45) is 0 Å². The number of aliphatic carboxylic acids is 2. The molecule has 0 aliphatic carbocycles. The third kappa shape index (κ3) is 10.7. The zero-order valence-corrected chi connectivity index (χ0v) is 7.83. The van der Waals surface area contributed by atoms with Gasteiger partial charge in [-0.2, -0.15) is 0 Å². The van der Waals surface area contributed by atoms with Gasteiger partial charge in [0, 0.05) is 37.3 Å². The smallest absolute Gasteiger partial charge is 0.303 e. The summed E-state index contributed by atoms with van der Waals surface area (Å²) in [5.74, 6) is -1.90. The van der Waals surface area contributed by atoms with Crippen molar-refractivity contribution in [3.05, 3.63) is 0 Å². The molecule has 0 unspecified atom stereocenters. The molecule has 4 nitrogen and oxygen atoms in total. The average molecular weight is 254 g/mol. The minimum atomic E-state index is -0.948. The maximum Gasteiger partial charge on any atom is 0.303 e. The van der Waals surface area contributed by atoms with Gasteiger partial charge in [-0.1, -0.05) is 0 Å². The fourth-order valence-corrected chi connectivity index (χ4v) is 0.391. The van der Waals surface area contributed by atoms with E-state index in [1.54, 1.807) is 0 Å². The minimum absolute atomic E-state index is 0. The van der Waals surface area contributed by atoms with E-state index >= 15 is 0 Å². The van der Waals surface area contributed by atoms with Crippen LogP contribution in [0.2, 0.25) is 0 Å². The van der Waals surface area contributed by atoms with Gasteiger partial charge < -0.3 is 10.2 Å². The quantitative estimate of drug-likeness (QED) is 0.689. The monoisotopic (exact) mass is 253 g/mol. The van der Waals surface area contributed by atoms with E-state index in [0.29, 0.717) is 0 Å². The molecule has 2 N–H and O–H groups in total. The standard InChI is InChI=1S/C5H8O4.Sb/c6-4(7)2-1-3-5(8)9;/h1-3H2,(H,6,7)(H,8,9);. The molecule has 0 atom stereocenters. The van der Waals surface area contributed by atoms with Crippen molar-refractivity contribution >= 4 is 36.4 Å². The van der Waals surface area contributed by atoms with Crippen LogP contribution in [0.3, 0.4) is 0 Å². The molecule has 10 heavy (non-hydrogen) atoms. The summed E-state index contributed by atoms with van der Waals surface area (Å²) in [7, 11) is 0. The van der Waals surface area contributed by atoms with Crippen LogP contribution in [0.15, 0.2) is 0 Å². The first-order chi connectivity index (χ1) is 4.13. The zero-order chi connectivity index (χ0) is 7.28. The molecular weight excluding hydrogens is 246 g/mol. The number of rotatable bonds is 4. The summed E-state index contributed by atoms with van der Waals surface area (Å²) in [6.45, 7) is 0. The van der Waals surface area contributed by atoms with Crippen LogP contribution in [0, 0.1) is 0 Å². The summed E-state index contributed by atoms with van der Waals surface area (Å²) >= 11 is 0. The van der Waals surface area contributed by atoms with Crippen molar-refractivity contribution in [2.45, 2.75) is 19.3 Å². The first kappa shape index (κ1) is 12.4. The van der Waals surface area contributed by atoms with Crippen LogP contribution < -0.4 is 0 Å². The van der Waals surface area contributed by atoms with E-state index in [9.17, 15) is 9.59 Å². The Morgan fingerprint density at radius 3 is 1.50 bits per heavy atom. The SMILES string of the molecule is O=C(O)CCCC(=O)O.[Sb]. The van der Waals surface area contributed by atoms with Crippen molar-refractivity contribution in [2.75, 3.05) is 0 Å². The van der Waals surface area contributed by atoms with E-state index in [2.05, 4.69) is 0 Å². The molecule has 0 aromatic heterocycles. The molecule has 0 saturated carbocycles. The maximum absolute atomic E-state index is 9.79. The van der Waals surface area contributed by atoms with Gasteiger partial charge in [-0.25, -0.2) is 0 Å². The fraction of sp³-hybridized carbons (Fsp3) is 0.600. The predicted molar refractivity (Wildman–Crippen MR) is 34.9 cm³/mol. The Labute approximate surface area is 75.7 Å². The third-order valence-corrected chi connectivity index (χ3v) is 0.781. The Morgan fingerprint density at radius 2 is 1.30 bits per heavy atom. The van der Waals surface area contributed by atoms with Crippen LogP contribution in [0.25, 0.3) is 0 Å². The zero-order valence-electron chi connectivity index (χ0n) is 5.28. The Balaban J connectivity index is 0. The number of carboxylic acid groups (broad SMARTS) is 2. The van der Waals surface area contributed by atoms with Gasteiger partial charge in [0.05, 0.1) is 0 Å². The molecule has 0 spiro atoms. The summed E-state index contributed by atoms with van der Waals surface area (Å²) in [5, 5.41) is 16.1. The number of hydrogen-bond acceptors (Lipinski definition) is 2. The Hall–Kier alpha value is -0.242. The summed E-state index contributed by atoms with van der Waals surface area (Å²) in [6, 6.07) is 0. The van der Waals surface area contributed by atoms with Gasteiger partial charge in [-0.15, -0.1) is 0 Å². The van der Waals surface area contributed by atoms with Gasteiger partial charge >= 0.3 is 11.9 Å². The van der Waals surface area contributed by atoms with E-state index in [1.807, 2.05) is 0 Å². The normalized spacial score (nSPS) is 8.00. The molecule has 0 heterocycles. The van der Waals surface area contributed by atoms with Crippen molar-refractivity contribution in [3.63, 3.8) is 0 Å². The molecule has 0 fully saturated rings. The number of carbonyl (C=O) groups is 2. The topological polar surface area (TPSA) is 74.6 Å². The van der Waals surface area contributed by atoms with Gasteiger partial charge in [0.1, 0.15) is 0 Å². The van der Waals surface area contributed by atoms with Crippen LogP contribution in [0.4, 0.5) is 0 Å². The van der Waals surface area contributed by atoms with Crippen LogP contribution in [-0.4, -0.2) is 46.6 Å². The maximum atomic E-state index is 9.79. The van der Waals surface area contributed by atoms with Gasteiger partial charge in [-0.05, 0) is 6.42 Å². The molecule has 0 saturated heterocycles. The molecule has 0 aromatic rings. The molecule has 0 amide bonds. The Kier molecular flexibility index (Phi) is 8.55. The first-order valence-electron chi connectivity index (χ1n) is 2.56. The van der Waals surface area contributed by atoms with Crippen molar-refractivity contribution < 1.29 is 19.8 Å². The van der Waals surface area contributed by atoms with Crippen LogP contribution in [0.1, 0.15) is 19.3 Å². The largest absolute Gasteiger partial charge is 0.481 e. The molecule has 0 rings (SSSR count). The summed E-state index contributed by atoms with van der Waals surface area (Å²) in [4.78, 5) is 19.6. The first-order valence-corrected chi connectivity index (χ1v) is 2.56. The van der Waals surface area contributed by atoms with Crippen LogP contribution in [0.5, 0.6) is 0 Å². The van der Waals surface area contributed by atoms with Gasteiger partial charge in [0.2, 0.25) is 0 Å². The molecule has 0 aliphatic rings. The summed E-state index contributed by atoms with van der Waals surface area (Å²) in [5.41, 5.74) is 0. The fourth-order valence-electron chi connectivity index (χ4n) is 0.391. The number of carboxylic acids is 2. The predicted octanol–water partition coefficient (Wildman–Crippen LogP) is -0.0549. The van der Waals surface area contributed by atoms with Crippen molar-refractivity contribution in [1.29, 1.82) is 0 Å². The number of hydrogen-bond donors (Lipinski definition) is 2. The summed E-state index contributed by atoms with van der Waals surface area (Å²) < 4.78 is 0. The second kappa shape index (κ2) is 6.87. The average Bonchev–Trinajstić information content (AvgIpc) is 1.63. The van der Waals surface area contributed by atoms with Crippen LogP contribution >= 0.6 is 0 Å². The van der Waals surface area contributed by atoms with Crippen molar-refractivity contribution in [1.82, 2.24) is 0 Å².